The molecule has 2 aliphatic heterocycles. The Bertz CT molecular complexity index is 875. The number of aliphatic carboxylic acids is 1. The van der Waals surface area contributed by atoms with Gasteiger partial charge in [-0.15, -0.1) is 23.1 Å². The Morgan fingerprint density at radius 2 is 2.36 bits per heavy atom. The van der Waals surface area contributed by atoms with Crippen molar-refractivity contribution in [3.05, 3.63) is 22.7 Å². The minimum absolute atomic E-state index is 0.0178. The molecule has 0 saturated carbocycles. The quantitative estimate of drug-likeness (QED) is 0.321. The van der Waals surface area contributed by atoms with Crippen molar-refractivity contribution in [2.75, 3.05) is 25.1 Å². The first-order valence-electron chi connectivity index (χ1n) is 7.90. The molecule has 2 aliphatic rings. The smallest absolute Gasteiger partial charge is 0.316 e. The number of halogens is 1. The van der Waals surface area contributed by atoms with Gasteiger partial charge < -0.3 is 25.9 Å². The second-order valence-corrected chi connectivity index (χ2v) is 8.31. The highest BCUT2D eigenvalue weighted by molar-refractivity contribution is 8.00. The number of aromatic nitrogens is 1. The number of carbonyl (C=O) groups excluding carboxylic acids is 2. The third-order valence-corrected chi connectivity index (χ3v) is 6.71. The molecule has 2 unspecified atom stereocenters. The lowest BCUT2D eigenvalue weighted by Crippen LogP contribution is -2.73. The number of rotatable bonds is 6. The number of carboxylic acid groups (broad SMARTS) is 1. The van der Waals surface area contributed by atoms with Gasteiger partial charge >= 0.3 is 5.97 Å². The molecule has 28 heavy (non-hydrogen) atoms. The topological polar surface area (TPSA) is 147 Å². The van der Waals surface area contributed by atoms with E-state index >= 15 is 0 Å². The van der Waals surface area contributed by atoms with Gasteiger partial charge in [0.25, 0.3) is 5.91 Å². The summed E-state index contributed by atoms with van der Waals surface area (Å²) in [5, 5.41) is 17.3. The molecule has 1 aromatic heterocycles. The molecule has 3 rings (SSSR count). The van der Waals surface area contributed by atoms with Crippen LogP contribution in [0.15, 0.2) is 22.1 Å². The first-order chi connectivity index (χ1) is 13.3. The fraction of sp³-hybridized carbons (Fsp3) is 0.400. The molecule has 1 aromatic rings. The number of β-lactam (4-membered cyclic amide) rings is 1. The van der Waals surface area contributed by atoms with Crippen molar-refractivity contribution < 1.29 is 24.3 Å². The number of thiazole rings is 1. The Balaban J connectivity index is 1.72. The van der Waals surface area contributed by atoms with Crippen LogP contribution in [0.2, 0.25) is 0 Å². The molecule has 13 heteroatoms. The Hall–Kier alpha value is -2.31. The minimum atomic E-state index is -1.26. The number of hydrogen-bond acceptors (Lipinski definition) is 9. The molecule has 3 atom stereocenters. The number of hydrogen-bond donors (Lipinski definition) is 3. The predicted octanol–water partition coefficient (Wildman–Crippen LogP) is 0.299. The largest absolute Gasteiger partial charge is 0.481 e. The molecule has 3 heterocycles. The van der Waals surface area contributed by atoms with Gasteiger partial charge in [0.15, 0.2) is 10.8 Å². The van der Waals surface area contributed by atoms with Crippen molar-refractivity contribution in [2.24, 2.45) is 10.6 Å². The molecule has 10 nitrogen and oxygen atoms in total. The summed E-state index contributed by atoms with van der Waals surface area (Å²) >= 11 is 7.98. The van der Waals surface area contributed by atoms with Crippen LogP contribution in [-0.4, -0.2) is 69.3 Å². The summed E-state index contributed by atoms with van der Waals surface area (Å²) in [4.78, 5) is 46.9. The highest BCUT2D eigenvalue weighted by Crippen LogP contribution is 2.43. The first kappa shape index (κ1) is 20.4. The Morgan fingerprint density at radius 1 is 1.61 bits per heavy atom. The number of nitrogen functional groups attached to an aromatic ring is 1. The Kier molecular flexibility index (Phi) is 5.82. The van der Waals surface area contributed by atoms with Crippen molar-refractivity contribution in [2.45, 2.75) is 11.4 Å². The zero-order chi connectivity index (χ0) is 20.5. The van der Waals surface area contributed by atoms with E-state index in [1.165, 1.54) is 29.8 Å². The van der Waals surface area contributed by atoms with Gasteiger partial charge in [-0.2, -0.15) is 0 Å². The molecular formula is C15H16ClN5O5S2. The lowest BCUT2D eigenvalue weighted by atomic mass is 9.87. The van der Waals surface area contributed by atoms with E-state index in [4.69, 9.17) is 22.2 Å². The van der Waals surface area contributed by atoms with Gasteiger partial charge in [-0.3, -0.25) is 14.4 Å². The molecule has 4 N–H and O–H groups in total. The number of anilines is 1. The molecule has 2 fully saturated rings. The van der Waals surface area contributed by atoms with Crippen LogP contribution < -0.4 is 11.1 Å². The summed E-state index contributed by atoms with van der Waals surface area (Å²) < 4.78 is 0. The number of carboxylic acids is 1. The predicted molar refractivity (Wildman–Crippen MR) is 105 cm³/mol. The normalized spacial score (nSPS) is 27.3. The fourth-order valence-corrected chi connectivity index (χ4v) is 5.22. The molecule has 0 bridgehead atoms. The van der Waals surface area contributed by atoms with E-state index in [1.807, 2.05) is 0 Å². The van der Waals surface area contributed by atoms with Crippen molar-refractivity contribution in [1.29, 1.82) is 0 Å². The zero-order valence-corrected chi connectivity index (χ0v) is 16.9. The highest BCUT2D eigenvalue weighted by atomic mass is 35.5. The lowest BCUT2D eigenvalue weighted by Gasteiger charge is -2.53. The van der Waals surface area contributed by atoms with Crippen LogP contribution in [0.3, 0.4) is 0 Å². The molecule has 2 amide bonds. The maximum Gasteiger partial charge on any atom is 0.316 e. The van der Waals surface area contributed by atoms with Crippen molar-refractivity contribution in [1.82, 2.24) is 15.2 Å². The van der Waals surface area contributed by atoms with Crippen LogP contribution in [0, 0.1) is 5.41 Å². The standard InChI is InChI=1S/C15H16ClN5O5S2/c1-26-20-8(7-4-27-14(17)18-7)10(22)19-9-11(23)21-5-15(2-3-16,13(24)25)6-28-12(9)21/h2-4,9,12H,5-6H2,1H3,(H2,17,18)(H,19,22)(H,24,25)/t9?,12-,15?/m1/s1. The van der Waals surface area contributed by atoms with Gasteiger partial charge in [-0.05, 0) is 0 Å². The highest BCUT2D eigenvalue weighted by Gasteiger charge is 2.56. The zero-order valence-electron chi connectivity index (χ0n) is 14.5. The summed E-state index contributed by atoms with van der Waals surface area (Å²) in [7, 11) is 1.28. The van der Waals surface area contributed by atoms with E-state index in [9.17, 15) is 19.5 Å². The number of nitrogens with one attached hydrogen (secondary N) is 1. The number of oxime groups is 1. The van der Waals surface area contributed by atoms with Crippen molar-refractivity contribution >= 4 is 63.3 Å². The number of nitrogens with zero attached hydrogens (tertiary/aromatic N) is 3. The van der Waals surface area contributed by atoms with E-state index in [1.54, 1.807) is 5.38 Å². The van der Waals surface area contributed by atoms with E-state index < -0.39 is 23.3 Å². The number of fused-ring (bicyclic) bond motifs is 1. The third kappa shape index (κ3) is 3.54. The summed E-state index contributed by atoms with van der Waals surface area (Å²) in [6.45, 7) is -0.0178. The van der Waals surface area contributed by atoms with Crippen LogP contribution >= 0.6 is 34.7 Å². The molecule has 150 valence electrons. The van der Waals surface area contributed by atoms with Crippen LogP contribution in [0.5, 0.6) is 0 Å². The first-order valence-corrected chi connectivity index (χ1v) is 10.3. The van der Waals surface area contributed by atoms with Gasteiger partial charge in [0.2, 0.25) is 5.91 Å². The summed E-state index contributed by atoms with van der Waals surface area (Å²) in [6.07, 6.45) is 1.37. The number of carbonyl (C=O) groups is 3. The van der Waals surface area contributed by atoms with Gasteiger partial charge in [0.05, 0.1) is 0 Å². The van der Waals surface area contributed by atoms with E-state index in [-0.39, 0.29) is 40.1 Å². The SMILES string of the molecule is CON=C(C(=O)NC1C(=O)N2CC(C=CCl)(C(=O)O)CS[C@H]12)c1csc(N)n1. The molecule has 0 spiro atoms. The monoisotopic (exact) mass is 445 g/mol. The Labute approximate surface area is 172 Å². The minimum Gasteiger partial charge on any atom is -0.481 e. The maximum absolute atomic E-state index is 12.6. The van der Waals surface area contributed by atoms with Gasteiger partial charge in [-0.25, -0.2) is 4.98 Å². The van der Waals surface area contributed by atoms with Crippen molar-refractivity contribution in [3.8, 4) is 0 Å². The van der Waals surface area contributed by atoms with Crippen LogP contribution in [0.1, 0.15) is 5.69 Å². The Morgan fingerprint density at radius 3 is 2.93 bits per heavy atom. The van der Waals surface area contributed by atoms with Gasteiger partial charge in [-0.1, -0.05) is 22.8 Å². The number of thioether (sulfide) groups is 1. The van der Waals surface area contributed by atoms with Crippen LogP contribution in [-0.2, 0) is 19.2 Å². The molecule has 2 saturated heterocycles. The summed E-state index contributed by atoms with van der Waals surface area (Å²) in [5.41, 5.74) is 5.61. The maximum atomic E-state index is 12.6. The molecule has 0 radical (unpaired) electrons. The second-order valence-electron chi connectivity index (χ2n) is 6.07. The number of nitrogens with two attached hydrogens (primary N) is 1. The summed E-state index contributed by atoms with van der Waals surface area (Å²) in [6, 6.07) is -0.803. The third-order valence-electron chi connectivity index (χ3n) is 4.36. The summed E-state index contributed by atoms with van der Waals surface area (Å²) in [5.74, 6) is -1.87. The average Bonchev–Trinajstić information content (AvgIpc) is 3.09. The average molecular weight is 446 g/mol. The van der Waals surface area contributed by atoms with Crippen LogP contribution in [0.25, 0.3) is 0 Å². The fourth-order valence-electron chi connectivity index (χ4n) is 2.92. The number of amides is 2. The van der Waals surface area contributed by atoms with E-state index in [0.717, 1.165) is 16.9 Å². The molecule has 0 aromatic carbocycles. The second kappa shape index (κ2) is 7.97. The molecule has 0 aliphatic carbocycles. The van der Waals surface area contributed by atoms with Gasteiger partial charge in [0.1, 0.15) is 29.6 Å². The van der Waals surface area contributed by atoms with Crippen LogP contribution in [0.4, 0.5) is 5.13 Å². The van der Waals surface area contributed by atoms with Gasteiger partial charge in [0, 0.05) is 23.2 Å². The van der Waals surface area contributed by atoms with Crippen molar-refractivity contribution in [3.63, 3.8) is 0 Å². The van der Waals surface area contributed by atoms with E-state index in [0.29, 0.717) is 0 Å². The van der Waals surface area contributed by atoms with E-state index in [2.05, 4.69) is 15.5 Å². The molecular weight excluding hydrogens is 430 g/mol. The lowest BCUT2D eigenvalue weighted by molar-refractivity contribution is -0.156.